The molecule has 1 aliphatic carbocycles. The molecule has 1 aliphatic rings. The van der Waals surface area contributed by atoms with Crippen LogP contribution in [0.1, 0.15) is 26.2 Å². The van der Waals surface area contributed by atoms with E-state index in [2.05, 4.69) is 49.6 Å². The molecule has 0 heterocycles. The third-order valence-corrected chi connectivity index (χ3v) is 6.69. The molecule has 3 radical (unpaired) electrons. The first-order valence-corrected chi connectivity index (χ1v) is 8.24. The van der Waals surface area contributed by atoms with E-state index in [0.717, 1.165) is 11.6 Å². The molecule has 0 saturated heterocycles. The summed E-state index contributed by atoms with van der Waals surface area (Å²) in [5.74, 6) is 0.763. The van der Waals surface area contributed by atoms with Gasteiger partial charge in [0, 0.05) is 49.8 Å². The van der Waals surface area contributed by atoms with Gasteiger partial charge in [0.05, 0.1) is 11.0 Å². The normalized spacial score (nSPS) is 26.4. The van der Waals surface area contributed by atoms with Gasteiger partial charge in [-0.3, -0.25) is 0 Å². The van der Waals surface area contributed by atoms with Crippen LogP contribution in [0, 0.1) is 42.5 Å². The Morgan fingerprint density at radius 3 is 2.56 bits per heavy atom. The van der Waals surface area contributed by atoms with Crippen LogP contribution in [0.2, 0.25) is 0 Å². The first-order valence-electron chi connectivity index (χ1n) is 6.59. The van der Waals surface area contributed by atoms with Gasteiger partial charge in [0.15, 0.2) is 6.66 Å². The van der Waals surface area contributed by atoms with Crippen molar-refractivity contribution in [2.24, 2.45) is 5.92 Å². The van der Waals surface area contributed by atoms with E-state index in [9.17, 15) is 0 Å². The summed E-state index contributed by atoms with van der Waals surface area (Å²) < 4.78 is 0. The first kappa shape index (κ1) is 16.7. The third kappa shape index (κ3) is 3.81. The van der Waals surface area contributed by atoms with Gasteiger partial charge in [0.25, 0.3) is 0 Å². The molecule has 3 heteroatoms. The van der Waals surface area contributed by atoms with Gasteiger partial charge in [-0.25, -0.2) is 0 Å². The van der Waals surface area contributed by atoms with Gasteiger partial charge in [-0.2, -0.15) is 0 Å². The minimum atomic E-state index is -0.888. The van der Waals surface area contributed by atoms with Crippen LogP contribution in [-0.4, -0.2) is 18.7 Å². The van der Waals surface area contributed by atoms with E-state index in [-0.39, 0.29) is 29.9 Å². The van der Waals surface area contributed by atoms with Crippen molar-refractivity contribution < 1.29 is 29.9 Å². The summed E-state index contributed by atoms with van der Waals surface area (Å²) in [6.07, 6.45) is 4.00. The Morgan fingerprint density at radius 1 is 1.28 bits per heavy atom. The number of nitrogens with one attached hydrogen (secondary N) is 1. The van der Waals surface area contributed by atoms with Crippen molar-refractivity contribution in [3.8, 4) is 0 Å². The van der Waals surface area contributed by atoms with E-state index in [1.807, 2.05) is 0 Å². The first-order chi connectivity index (χ1) is 8.24. The van der Waals surface area contributed by atoms with Gasteiger partial charge in [-0.1, -0.05) is 18.2 Å². The standard InChI is InChI=1S/C15H23NP.Np/c1-12(16-2)14-10-7-11-15(14)17(3)13-8-5-4-6-9-13;/h3-6,8-9,12,14-17H,7,10-11H2,1-2H3;/q+1;/t12-,14?,15?;/m1./s1. The largest absolute Gasteiger partial charge is 0.317 e. The fourth-order valence-electron chi connectivity index (χ4n) is 3.03. The van der Waals surface area contributed by atoms with E-state index in [1.54, 1.807) is 0 Å². The van der Waals surface area contributed by atoms with E-state index >= 15 is 0 Å². The van der Waals surface area contributed by atoms with E-state index in [0.29, 0.717) is 6.04 Å². The topological polar surface area (TPSA) is 12.0 Å². The molecule has 18 heavy (non-hydrogen) atoms. The van der Waals surface area contributed by atoms with Crippen molar-refractivity contribution >= 4 is 13.2 Å². The zero-order chi connectivity index (χ0) is 12.3. The maximum absolute atomic E-state index is 6.56. The molecule has 1 nitrogen and oxygen atoms in total. The van der Waals surface area contributed by atoms with Crippen molar-refractivity contribution in [1.29, 1.82) is 0 Å². The van der Waals surface area contributed by atoms with Crippen LogP contribution < -0.4 is 10.6 Å². The summed E-state index contributed by atoms with van der Waals surface area (Å²) in [4.78, 5) is 0. The predicted molar refractivity (Wildman–Crippen MR) is 78.3 cm³/mol. The Kier molecular flexibility index (Phi) is 7.44. The molecule has 4 atom stereocenters. The van der Waals surface area contributed by atoms with Crippen LogP contribution in [0.4, 0.5) is 0 Å². The fraction of sp³-hybridized carbons (Fsp3) is 0.533. The van der Waals surface area contributed by atoms with E-state index in [1.165, 1.54) is 24.6 Å². The van der Waals surface area contributed by atoms with Crippen LogP contribution in [0.5, 0.6) is 0 Å². The minimum absolute atomic E-state index is 0. The van der Waals surface area contributed by atoms with Gasteiger partial charge in [0.1, 0.15) is 0 Å². The Balaban J connectivity index is 0.00000162. The number of benzene rings is 1. The molecular formula is C15H23NNpP+. The molecule has 1 saturated carbocycles. The molecule has 1 aromatic rings. The minimum Gasteiger partial charge on any atom is -0.317 e. The third-order valence-electron chi connectivity index (χ3n) is 4.17. The van der Waals surface area contributed by atoms with E-state index < -0.39 is 7.92 Å². The van der Waals surface area contributed by atoms with Crippen molar-refractivity contribution in [2.45, 2.75) is 37.9 Å². The fourth-order valence-corrected chi connectivity index (χ4v) is 5.47. The molecular weight excluding hydrogens is 462 g/mol. The number of hydrogen-bond donors (Lipinski definition) is 1. The Morgan fingerprint density at radius 2 is 1.94 bits per heavy atom. The van der Waals surface area contributed by atoms with Crippen molar-refractivity contribution in [2.75, 3.05) is 7.05 Å². The second-order valence-corrected chi connectivity index (χ2v) is 7.33. The molecule has 3 unspecified atom stereocenters. The Labute approximate surface area is 136 Å². The van der Waals surface area contributed by atoms with Crippen LogP contribution in [0.3, 0.4) is 0 Å². The summed E-state index contributed by atoms with van der Waals surface area (Å²) in [6.45, 7) is 8.85. The average molecular weight is 485 g/mol. The summed E-state index contributed by atoms with van der Waals surface area (Å²) >= 11 is 0. The monoisotopic (exact) mass is 484 g/mol. The van der Waals surface area contributed by atoms with E-state index in [4.69, 9.17) is 6.66 Å². The summed E-state index contributed by atoms with van der Waals surface area (Å²) in [5.41, 5.74) is 0.727. The smallest absolute Gasteiger partial charge is 0.153 e. The SMILES string of the molecule is [CH][PH+](c1ccccc1)C1CCCC1[C@@H](C)NC.[Np]. The Hall–Kier alpha value is 0.623. The molecule has 0 bridgehead atoms. The molecule has 0 spiro atoms. The van der Waals surface area contributed by atoms with Gasteiger partial charge < -0.3 is 5.32 Å². The molecule has 97 valence electrons. The number of rotatable bonds is 4. The zero-order valence-electron chi connectivity index (χ0n) is 11.3. The van der Waals surface area contributed by atoms with Gasteiger partial charge in [-0.15, -0.1) is 0 Å². The van der Waals surface area contributed by atoms with Gasteiger partial charge in [0.2, 0.25) is 0 Å². The summed E-state index contributed by atoms with van der Waals surface area (Å²) in [6, 6.07) is 11.3. The molecule has 0 aromatic heterocycles. The summed E-state index contributed by atoms with van der Waals surface area (Å²) in [7, 11) is 1.17. The zero-order valence-corrected chi connectivity index (χ0v) is 16.0. The predicted octanol–water partition coefficient (Wildman–Crippen LogP) is 2.97. The molecule has 1 fully saturated rings. The average Bonchev–Trinajstić information content (AvgIpc) is 2.87. The molecule has 2 rings (SSSR count). The van der Waals surface area contributed by atoms with Crippen molar-refractivity contribution in [3.63, 3.8) is 0 Å². The molecule has 0 amide bonds. The maximum atomic E-state index is 6.56. The maximum Gasteiger partial charge on any atom is 0.153 e. The molecule has 0 aliphatic heterocycles. The Bertz CT molecular complexity index is 344. The van der Waals surface area contributed by atoms with Crippen LogP contribution in [0.25, 0.3) is 0 Å². The molecule has 1 N–H and O–H groups in total. The van der Waals surface area contributed by atoms with Crippen LogP contribution in [-0.2, 0) is 0 Å². The number of hydrogen-bond acceptors (Lipinski definition) is 1. The second-order valence-electron chi connectivity index (χ2n) is 5.10. The van der Waals surface area contributed by atoms with Gasteiger partial charge in [-0.05, 0) is 45.4 Å². The molecule has 1 aromatic carbocycles. The summed E-state index contributed by atoms with van der Waals surface area (Å²) in [5, 5.41) is 4.79. The quantitative estimate of drug-likeness (QED) is 0.648. The van der Waals surface area contributed by atoms with Crippen LogP contribution >= 0.6 is 7.92 Å². The van der Waals surface area contributed by atoms with Gasteiger partial charge >= 0.3 is 0 Å². The van der Waals surface area contributed by atoms with Crippen molar-refractivity contribution in [1.82, 2.24) is 5.32 Å². The second kappa shape index (κ2) is 8.03. The van der Waals surface area contributed by atoms with Crippen LogP contribution in [0.15, 0.2) is 30.3 Å². The van der Waals surface area contributed by atoms with Crippen molar-refractivity contribution in [3.05, 3.63) is 37.0 Å².